The second-order valence-corrected chi connectivity index (χ2v) is 8.93. The Bertz CT molecular complexity index is 324. The van der Waals surface area contributed by atoms with Gasteiger partial charge >= 0.3 is 0 Å². The molecule has 0 aromatic rings. The smallest absolute Gasteiger partial charge is 0.0205 e. The average molecular weight is 317 g/mol. The highest BCUT2D eigenvalue weighted by molar-refractivity contribution is 4.97. The summed E-state index contributed by atoms with van der Waals surface area (Å²) in [4.78, 5) is 0. The van der Waals surface area contributed by atoms with E-state index in [9.17, 15) is 0 Å². The topological polar surface area (TPSA) is 0 Å². The summed E-state index contributed by atoms with van der Waals surface area (Å²) in [7, 11) is 0. The van der Waals surface area contributed by atoms with Gasteiger partial charge in [-0.3, -0.25) is 0 Å². The summed E-state index contributed by atoms with van der Waals surface area (Å²) in [6, 6.07) is 0. The number of hydrogen-bond acceptors (Lipinski definition) is 0. The predicted molar refractivity (Wildman–Crippen MR) is 102 cm³/mol. The predicted octanol–water partition coefficient (Wildman–Crippen LogP) is 7.68. The molecule has 23 heavy (non-hydrogen) atoms. The molecule has 0 heterocycles. The lowest BCUT2D eigenvalue weighted by molar-refractivity contribution is 0.245. The van der Waals surface area contributed by atoms with Gasteiger partial charge in [0, 0.05) is 0 Å². The van der Waals surface area contributed by atoms with Gasteiger partial charge in [0.05, 0.1) is 0 Å². The van der Waals surface area contributed by atoms with Crippen LogP contribution < -0.4 is 0 Å². The molecule has 3 rings (SSSR count). The Kier molecular flexibility index (Phi) is 7.56. The van der Waals surface area contributed by atoms with Crippen LogP contribution in [0.5, 0.6) is 0 Å². The second kappa shape index (κ2) is 9.90. The van der Waals surface area contributed by atoms with E-state index in [2.05, 4.69) is 12.2 Å². The van der Waals surface area contributed by atoms with E-state index in [-0.39, 0.29) is 0 Å². The molecule has 0 spiro atoms. The molecule has 3 aliphatic carbocycles. The third-order valence-electron chi connectivity index (χ3n) is 7.17. The van der Waals surface area contributed by atoms with Crippen LogP contribution in [-0.2, 0) is 0 Å². The zero-order valence-corrected chi connectivity index (χ0v) is 15.5. The Morgan fingerprint density at radius 1 is 0.652 bits per heavy atom. The molecule has 0 aromatic carbocycles. The number of rotatable bonds is 6. The fourth-order valence-electron chi connectivity index (χ4n) is 5.58. The molecular formula is C23H40. The molecule has 0 heteroatoms. The van der Waals surface area contributed by atoms with Gasteiger partial charge in [-0.2, -0.15) is 0 Å². The fraction of sp³-hybridized carbons (Fsp3) is 0.913. The maximum absolute atomic E-state index is 2.72. The van der Waals surface area contributed by atoms with Crippen molar-refractivity contribution in [1.82, 2.24) is 0 Å². The molecule has 0 saturated heterocycles. The molecule has 0 amide bonds. The van der Waals surface area contributed by atoms with Crippen LogP contribution in [0.15, 0.2) is 12.2 Å². The second-order valence-electron chi connectivity index (χ2n) is 8.93. The molecule has 132 valence electrons. The molecule has 0 N–H and O–H groups in total. The quantitative estimate of drug-likeness (QED) is 0.441. The Morgan fingerprint density at radius 3 is 1.87 bits per heavy atom. The van der Waals surface area contributed by atoms with Crippen molar-refractivity contribution in [3.8, 4) is 0 Å². The first-order valence-corrected chi connectivity index (χ1v) is 11.1. The molecule has 1 unspecified atom stereocenters. The molecule has 3 saturated carbocycles. The maximum atomic E-state index is 2.72. The Hall–Kier alpha value is -0.260. The Balaban J connectivity index is 1.52. The van der Waals surface area contributed by atoms with Gasteiger partial charge in [0.25, 0.3) is 0 Å². The van der Waals surface area contributed by atoms with Gasteiger partial charge in [-0.05, 0) is 62.2 Å². The molecule has 3 aliphatic rings. The summed E-state index contributed by atoms with van der Waals surface area (Å²) < 4.78 is 0. The summed E-state index contributed by atoms with van der Waals surface area (Å²) in [5.41, 5.74) is 0. The van der Waals surface area contributed by atoms with Gasteiger partial charge in [-0.15, -0.1) is 0 Å². The van der Waals surface area contributed by atoms with Crippen LogP contribution in [0.1, 0.15) is 109 Å². The summed E-state index contributed by atoms with van der Waals surface area (Å²) in [6.45, 7) is 0. The summed E-state index contributed by atoms with van der Waals surface area (Å²) in [5, 5.41) is 0. The third-order valence-corrected chi connectivity index (χ3v) is 7.17. The van der Waals surface area contributed by atoms with Crippen molar-refractivity contribution >= 4 is 0 Å². The molecule has 1 atom stereocenters. The third kappa shape index (κ3) is 5.95. The molecule has 3 fully saturated rings. The average Bonchev–Trinajstić information content (AvgIpc) is 2.64. The summed E-state index contributed by atoms with van der Waals surface area (Å²) in [6.07, 6.45) is 30.9. The van der Waals surface area contributed by atoms with Gasteiger partial charge in [0.1, 0.15) is 0 Å². The van der Waals surface area contributed by atoms with Crippen LogP contribution >= 0.6 is 0 Å². The lowest BCUT2D eigenvalue weighted by atomic mass is 9.75. The highest BCUT2D eigenvalue weighted by Gasteiger charge is 2.23. The van der Waals surface area contributed by atoms with Crippen molar-refractivity contribution in [2.24, 2.45) is 23.7 Å². The monoisotopic (exact) mass is 316 g/mol. The van der Waals surface area contributed by atoms with Crippen LogP contribution in [-0.4, -0.2) is 0 Å². The zero-order valence-electron chi connectivity index (χ0n) is 15.5. The van der Waals surface area contributed by atoms with Crippen LogP contribution in [0.2, 0.25) is 0 Å². The lowest BCUT2D eigenvalue weighted by Crippen LogP contribution is -2.18. The van der Waals surface area contributed by atoms with Crippen molar-refractivity contribution in [3.63, 3.8) is 0 Å². The fourth-order valence-corrected chi connectivity index (χ4v) is 5.58. The highest BCUT2D eigenvalue weighted by Crippen LogP contribution is 2.37. The Labute approximate surface area is 145 Å². The zero-order chi connectivity index (χ0) is 15.7. The molecule has 0 aromatic heterocycles. The van der Waals surface area contributed by atoms with Gasteiger partial charge in [-0.1, -0.05) is 82.8 Å². The van der Waals surface area contributed by atoms with Crippen LogP contribution in [0.4, 0.5) is 0 Å². The minimum absolute atomic E-state index is 0.916. The van der Waals surface area contributed by atoms with E-state index in [4.69, 9.17) is 0 Å². The van der Waals surface area contributed by atoms with E-state index in [0.717, 1.165) is 23.7 Å². The first-order valence-electron chi connectivity index (χ1n) is 11.1. The van der Waals surface area contributed by atoms with E-state index >= 15 is 0 Å². The van der Waals surface area contributed by atoms with Crippen molar-refractivity contribution in [2.75, 3.05) is 0 Å². The molecule has 0 aliphatic heterocycles. The standard InChI is InChI=1S/C23H40/c1-4-10-20(11-5-1)16-18-23(22-14-8-3-9-15-22)19-17-21-12-6-2-7-13-21/h16,18,20-23H,1-15,17,19H2/b18-16-. The van der Waals surface area contributed by atoms with Crippen LogP contribution in [0, 0.1) is 23.7 Å². The first-order chi connectivity index (χ1) is 11.4. The van der Waals surface area contributed by atoms with E-state index in [1.165, 1.54) is 109 Å². The van der Waals surface area contributed by atoms with Crippen LogP contribution in [0.25, 0.3) is 0 Å². The van der Waals surface area contributed by atoms with Gasteiger partial charge in [0.2, 0.25) is 0 Å². The van der Waals surface area contributed by atoms with E-state index < -0.39 is 0 Å². The van der Waals surface area contributed by atoms with Gasteiger partial charge in [-0.25, -0.2) is 0 Å². The summed E-state index contributed by atoms with van der Waals surface area (Å²) >= 11 is 0. The normalized spacial score (nSPS) is 27.5. The molecule has 0 radical (unpaired) electrons. The summed E-state index contributed by atoms with van der Waals surface area (Å²) in [5.74, 6) is 3.92. The van der Waals surface area contributed by atoms with Crippen molar-refractivity contribution < 1.29 is 0 Å². The lowest BCUT2D eigenvalue weighted by Gasteiger charge is -2.31. The highest BCUT2D eigenvalue weighted by atomic mass is 14.3. The molecular weight excluding hydrogens is 276 g/mol. The van der Waals surface area contributed by atoms with Gasteiger partial charge in [0.15, 0.2) is 0 Å². The first kappa shape index (κ1) is 17.6. The van der Waals surface area contributed by atoms with E-state index in [1.54, 1.807) is 0 Å². The van der Waals surface area contributed by atoms with E-state index in [1.807, 2.05) is 0 Å². The van der Waals surface area contributed by atoms with E-state index in [0.29, 0.717) is 0 Å². The number of allylic oxidation sites excluding steroid dienone is 2. The SMILES string of the molecule is C(=C/C(CCC1CCCCC1)C1CCCCC1)/C1CCCCC1. The molecule has 0 nitrogen and oxygen atoms in total. The Morgan fingerprint density at radius 2 is 1.22 bits per heavy atom. The maximum Gasteiger partial charge on any atom is -0.0205 e. The van der Waals surface area contributed by atoms with Crippen LogP contribution in [0.3, 0.4) is 0 Å². The largest absolute Gasteiger partial charge is 0.0851 e. The van der Waals surface area contributed by atoms with Gasteiger partial charge < -0.3 is 0 Å². The molecule has 0 bridgehead atoms. The van der Waals surface area contributed by atoms with Crippen molar-refractivity contribution in [3.05, 3.63) is 12.2 Å². The van der Waals surface area contributed by atoms with Crippen molar-refractivity contribution in [1.29, 1.82) is 0 Å². The minimum atomic E-state index is 0.916. The minimum Gasteiger partial charge on any atom is -0.0851 e. The van der Waals surface area contributed by atoms with Crippen molar-refractivity contribution in [2.45, 2.75) is 109 Å². The number of hydrogen-bond donors (Lipinski definition) is 0.